The van der Waals surface area contributed by atoms with Crippen molar-refractivity contribution < 1.29 is 22.0 Å². The molecule has 2 aromatic heterocycles. The van der Waals surface area contributed by atoms with E-state index < -0.39 is 18.2 Å². The predicted octanol–water partition coefficient (Wildman–Crippen LogP) is 5.75. The van der Waals surface area contributed by atoms with Crippen molar-refractivity contribution in [2.45, 2.75) is 12.6 Å². The van der Waals surface area contributed by atoms with Crippen LogP contribution < -0.4 is 0 Å². The fourth-order valence-corrected chi connectivity index (χ4v) is 2.88. The van der Waals surface area contributed by atoms with Gasteiger partial charge in [-0.2, -0.15) is 13.2 Å². The summed E-state index contributed by atoms with van der Waals surface area (Å²) in [4.78, 5) is 8.42. The van der Waals surface area contributed by atoms with Crippen LogP contribution in [0.5, 0.6) is 0 Å². The Morgan fingerprint density at radius 1 is 0.900 bits per heavy atom. The molecule has 0 saturated carbocycles. The van der Waals surface area contributed by atoms with Gasteiger partial charge < -0.3 is 0 Å². The van der Waals surface area contributed by atoms with E-state index in [1.54, 1.807) is 12.1 Å². The molecule has 0 aliphatic heterocycles. The number of hydrogen-bond acceptors (Lipinski definition) is 2. The van der Waals surface area contributed by atoms with Crippen molar-refractivity contribution in [1.29, 1.82) is 0 Å². The third-order valence-electron chi connectivity index (χ3n) is 4.36. The van der Waals surface area contributed by atoms with Crippen LogP contribution in [0.15, 0.2) is 67.0 Å². The largest absolute Gasteiger partial charge is 0.416 e. The maximum atomic E-state index is 13.6. The molecule has 0 N–H and O–H groups in total. The molecule has 30 heavy (non-hydrogen) atoms. The summed E-state index contributed by atoms with van der Waals surface area (Å²) in [6, 6.07) is 14.3. The van der Waals surface area contributed by atoms with Gasteiger partial charge >= 0.3 is 6.18 Å². The van der Waals surface area contributed by atoms with Crippen LogP contribution >= 0.6 is 0 Å². The molecule has 0 bridgehead atoms. The molecule has 0 spiro atoms. The lowest BCUT2D eigenvalue weighted by Crippen LogP contribution is -2.04. The van der Waals surface area contributed by atoms with Crippen LogP contribution in [0, 0.1) is 11.8 Å². The van der Waals surface area contributed by atoms with Gasteiger partial charge in [0.25, 0.3) is 6.43 Å². The zero-order chi connectivity index (χ0) is 21.3. The Bertz CT molecular complexity index is 1250. The van der Waals surface area contributed by atoms with E-state index in [0.717, 1.165) is 22.6 Å². The van der Waals surface area contributed by atoms with Gasteiger partial charge in [0.1, 0.15) is 6.33 Å². The van der Waals surface area contributed by atoms with Crippen molar-refractivity contribution in [2.24, 2.45) is 0 Å². The highest BCUT2D eigenvalue weighted by atomic mass is 19.4. The fraction of sp³-hybridized carbons (Fsp3) is 0.0909. The third-order valence-corrected chi connectivity index (χ3v) is 4.36. The smallest absolute Gasteiger partial charge is 0.281 e. The fourth-order valence-electron chi connectivity index (χ4n) is 2.88. The molecular formula is C22H12F5N3. The molecule has 150 valence electrons. The molecule has 0 fully saturated rings. The van der Waals surface area contributed by atoms with E-state index in [-0.39, 0.29) is 28.3 Å². The molecule has 8 heteroatoms. The Kier molecular flexibility index (Phi) is 4.96. The van der Waals surface area contributed by atoms with Crippen LogP contribution in [-0.2, 0) is 6.18 Å². The number of aromatic nitrogens is 3. The van der Waals surface area contributed by atoms with Crippen molar-refractivity contribution in [3.8, 4) is 23.1 Å². The quantitative estimate of drug-likeness (QED) is 0.309. The number of hydrogen-bond donors (Lipinski definition) is 0. The monoisotopic (exact) mass is 413 g/mol. The second-order valence-corrected chi connectivity index (χ2v) is 6.34. The molecule has 4 aromatic rings. The highest BCUT2D eigenvalue weighted by Crippen LogP contribution is 2.32. The lowest BCUT2D eigenvalue weighted by molar-refractivity contribution is -0.137. The second kappa shape index (κ2) is 7.59. The minimum Gasteiger partial charge on any atom is -0.281 e. The van der Waals surface area contributed by atoms with Crippen LogP contribution in [0.25, 0.3) is 16.9 Å². The van der Waals surface area contributed by atoms with Crippen molar-refractivity contribution >= 4 is 5.65 Å². The number of fused-ring (bicyclic) bond motifs is 1. The number of nitrogens with zero attached hydrogens (tertiary/aromatic N) is 3. The van der Waals surface area contributed by atoms with Crippen molar-refractivity contribution in [1.82, 2.24) is 14.4 Å². The summed E-state index contributed by atoms with van der Waals surface area (Å²) in [5.41, 5.74) is 0.174. The van der Waals surface area contributed by atoms with Crippen molar-refractivity contribution in [3.05, 3.63) is 89.5 Å². The maximum absolute atomic E-state index is 13.6. The lowest BCUT2D eigenvalue weighted by Gasteiger charge is -2.10. The summed E-state index contributed by atoms with van der Waals surface area (Å²) in [5.74, 6) is 5.71. The molecular weight excluding hydrogens is 401 g/mol. The maximum Gasteiger partial charge on any atom is 0.416 e. The summed E-state index contributed by atoms with van der Waals surface area (Å²) < 4.78 is 66.7. The predicted molar refractivity (Wildman–Crippen MR) is 101 cm³/mol. The lowest BCUT2D eigenvalue weighted by atomic mass is 10.1. The standard InChI is InChI=1S/C22H12F5N3/c23-20(24)19-12-18(15-7-9-16(10-8-15)22(25,26)27)29-21-17(28-13-30(19)21)11-6-14-4-2-1-3-5-14/h1-5,7-10,12-13,20H. The van der Waals surface area contributed by atoms with E-state index in [1.165, 1.54) is 18.5 Å². The highest BCUT2D eigenvalue weighted by molar-refractivity contribution is 5.66. The van der Waals surface area contributed by atoms with Gasteiger partial charge in [-0.1, -0.05) is 36.3 Å². The average Bonchev–Trinajstić information content (AvgIpc) is 3.14. The minimum absolute atomic E-state index is 0.103. The van der Waals surface area contributed by atoms with E-state index in [2.05, 4.69) is 21.8 Å². The van der Waals surface area contributed by atoms with Crippen LogP contribution in [0.4, 0.5) is 22.0 Å². The van der Waals surface area contributed by atoms with Crippen LogP contribution in [-0.4, -0.2) is 14.4 Å². The number of rotatable bonds is 2. The van der Waals surface area contributed by atoms with Gasteiger partial charge in [-0.05, 0) is 36.3 Å². The second-order valence-electron chi connectivity index (χ2n) is 6.34. The first-order valence-corrected chi connectivity index (χ1v) is 8.74. The molecule has 0 saturated heterocycles. The molecule has 3 nitrogen and oxygen atoms in total. The summed E-state index contributed by atoms with van der Waals surface area (Å²) in [5, 5.41) is 0. The summed E-state index contributed by atoms with van der Waals surface area (Å²) >= 11 is 0. The summed E-state index contributed by atoms with van der Waals surface area (Å²) in [6.45, 7) is 0. The minimum atomic E-state index is -4.49. The molecule has 2 heterocycles. The van der Waals surface area contributed by atoms with Crippen LogP contribution in [0.3, 0.4) is 0 Å². The van der Waals surface area contributed by atoms with Crippen molar-refractivity contribution in [3.63, 3.8) is 0 Å². The topological polar surface area (TPSA) is 30.2 Å². The van der Waals surface area contributed by atoms with E-state index >= 15 is 0 Å². The van der Waals surface area contributed by atoms with Gasteiger partial charge in [-0.15, -0.1) is 0 Å². The Morgan fingerprint density at radius 2 is 1.60 bits per heavy atom. The molecule has 4 rings (SSSR count). The van der Waals surface area contributed by atoms with E-state index in [4.69, 9.17) is 0 Å². The van der Waals surface area contributed by atoms with E-state index in [9.17, 15) is 22.0 Å². The van der Waals surface area contributed by atoms with Gasteiger partial charge in [-0.3, -0.25) is 4.40 Å². The third kappa shape index (κ3) is 3.87. The van der Waals surface area contributed by atoms with E-state index in [1.807, 2.05) is 18.2 Å². The van der Waals surface area contributed by atoms with Gasteiger partial charge in [-0.25, -0.2) is 18.7 Å². The van der Waals surface area contributed by atoms with E-state index in [0.29, 0.717) is 5.56 Å². The molecule has 2 aromatic carbocycles. The Labute approximate surface area is 167 Å². The molecule has 0 aliphatic carbocycles. The first-order chi connectivity index (χ1) is 14.3. The van der Waals surface area contributed by atoms with Crippen LogP contribution in [0.1, 0.15) is 28.9 Å². The molecule has 0 amide bonds. The van der Waals surface area contributed by atoms with Crippen molar-refractivity contribution in [2.75, 3.05) is 0 Å². The highest BCUT2D eigenvalue weighted by Gasteiger charge is 2.30. The SMILES string of the molecule is FC(F)c1cc(-c2ccc(C(F)(F)F)cc2)nc2c(C#Cc3ccccc3)ncn12. The number of halogens is 5. The molecule has 0 radical (unpaired) electrons. The number of imidazole rings is 1. The van der Waals surface area contributed by atoms with Crippen LogP contribution in [0.2, 0.25) is 0 Å². The van der Waals surface area contributed by atoms with Gasteiger partial charge in [0.05, 0.1) is 17.0 Å². The Morgan fingerprint density at radius 3 is 2.23 bits per heavy atom. The molecule has 0 aliphatic rings. The number of benzene rings is 2. The first kappa shape index (κ1) is 19.6. The Balaban J connectivity index is 1.83. The summed E-state index contributed by atoms with van der Waals surface area (Å²) in [7, 11) is 0. The van der Waals surface area contributed by atoms with Gasteiger partial charge in [0.2, 0.25) is 0 Å². The number of alkyl halides is 5. The average molecular weight is 413 g/mol. The summed E-state index contributed by atoms with van der Waals surface area (Å²) in [6.07, 6.45) is -6.13. The zero-order valence-corrected chi connectivity index (χ0v) is 15.2. The zero-order valence-electron chi connectivity index (χ0n) is 15.2. The normalized spacial score (nSPS) is 11.5. The van der Waals surface area contributed by atoms with Gasteiger partial charge in [0, 0.05) is 11.1 Å². The Hall–Kier alpha value is -3.73. The first-order valence-electron chi connectivity index (χ1n) is 8.74. The molecule has 0 atom stereocenters. The molecule has 0 unspecified atom stereocenters. The van der Waals surface area contributed by atoms with Gasteiger partial charge in [0.15, 0.2) is 11.3 Å².